The van der Waals surface area contributed by atoms with E-state index in [1.165, 1.54) is 0 Å². The molecule has 0 saturated carbocycles. The van der Waals surface area contributed by atoms with Crippen LogP contribution >= 0.6 is 0 Å². The lowest BCUT2D eigenvalue weighted by Crippen LogP contribution is -2.52. The van der Waals surface area contributed by atoms with E-state index in [1.54, 1.807) is 24.6 Å². The van der Waals surface area contributed by atoms with E-state index in [2.05, 4.69) is 20.9 Å². The predicted octanol–water partition coefficient (Wildman–Crippen LogP) is 2.11. The van der Waals surface area contributed by atoms with E-state index in [-0.39, 0.29) is 11.8 Å². The highest BCUT2D eigenvalue weighted by molar-refractivity contribution is 5.79. The zero-order chi connectivity index (χ0) is 19.3. The zero-order valence-electron chi connectivity index (χ0n) is 16.0. The second-order valence-electron chi connectivity index (χ2n) is 7.45. The number of carbonyl (C=O) groups is 1. The number of hydrogen-bond donors (Lipinski definition) is 0. The summed E-state index contributed by atoms with van der Waals surface area (Å²) < 4.78 is 5.45. The number of anilines is 1. The Morgan fingerprint density at radius 3 is 2.82 bits per heavy atom. The number of nitriles is 1. The van der Waals surface area contributed by atoms with Crippen LogP contribution in [-0.4, -0.2) is 60.0 Å². The van der Waals surface area contributed by atoms with Gasteiger partial charge in [0.05, 0.1) is 24.3 Å². The number of amides is 1. The van der Waals surface area contributed by atoms with E-state index in [1.807, 2.05) is 17.0 Å². The highest BCUT2D eigenvalue weighted by atomic mass is 16.3. The average Bonchev–Trinajstić information content (AvgIpc) is 3.26. The van der Waals surface area contributed by atoms with Crippen LogP contribution in [0, 0.1) is 17.2 Å². The summed E-state index contributed by atoms with van der Waals surface area (Å²) in [5, 5.41) is 9.28. The van der Waals surface area contributed by atoms with Crippen LogP contribution in [0.2, 0.25) is 0 Å². The van der Waals surface area contributed by atoms with Crippen LogP contribution in [0.4, 0.5) is 5.82 Å². The van der Waals surface area contributed by atoms with Crippen molar-refractivity contribution in [2.24, 2.45) is 5.92 Å². The summed E-state index contributed by atoms with van der Waals surface area (Å²) in [5.41, 5.74) is 0.586. The van der Waals surface area contributed by atoms with Gasteiger partial charge >= 0.3 is 0 Å². The molecule has 2 aliphatic rings. The molecule has 7 nitrogen and oxygen atoms in total. The molecule has 2 aromatic rings. The molecule has 1 atom stereocenters. The van der Waals surface area contributed by atoms with Crippen molar-refractivity contribution in [2.45, 2.75) is 19.4 Å². The second kappa shape index (κ2) is 8.44. The maximum Gasteiger partial charge on any atom is 0.227 e. The van der Waals surface area contributed by atoms with Crippen molar-refractivity contribution in [3.05, 3.63) is 48.0 Å². The fraction of sp³-hybridized carbons (Fsp3) is 0.476. The number of likely N-dealkylation sites (tertiary alicyclic amines) is 1. The summed E-state index contributed by atoms with van der Waals surface area (Å²) in [7, 11) is 0. The molecule has 0 bridgehead atoms. The van der Waals surface area contributed by atoms with Crippen molar-refractivity contribution < 1.29 is 9.21 Å². The highest BCUT2D eigenvalue weighted by Gasteiger charge is 2.31. The molecule has 0 aliphatic carbocycles. The van der Waals surface area contributed by atoms with Crippen molar-refractivity contribution in [3.63, 3.8) is 0 Å². The molecule has 4 heterocycles. The number of pyridine rings is 1. The lowest BCUT2D eigenvalue weighted by molar-refractivity contribution is -0.137. The summed E-state index contributed by atoms with van der Waals surface area (Å²) in [5.74, 6) is 1.98. The van der Waals surface area contributed by atoms with E-state index in [0.29, 0.717) is 31.7 Å². The Morgan fingerprint density at radius 1 is 1.21 bits per heavy atom. The number of rotatable bonds is 4. The summed E-state index contributed by atoms with van der Waals surface area (Å²) in [4.78, 5) is 23.8. The summed E-state index contributed by atoms with van der Waals surface area (Å²) in [6, 6.07) is 9.66. The van der Waals surface area contributed by atoms with Crippen molar-refractivity contribution in [2.75, 3.05) is 44.2 Å². The Balaban J connectivity index is 1.33. The Hall–Kier alpha value is -2.85. The summed E-state index contributed by atoms with van der Waals surface area (Å²) in [6.45, 7) is 5.33. The molecule has 2 aromatic heterocycles. The molecule has 2 saturated heterocycles. The van der Waals surface area contributed by atoms with Gasteiger partial charge in [-0.2, -0.15) is 5.26 Å². The number of carbonyl (C=O) groups excluding carboxylic acids is 1. The van der Waals surface area contributed by atoms with E-state index in [0.717, 1.165) is 44.1 Å². The quantitative estimate of drug-likeness (QED) is 0.810. The Labute approximate surface area is 165 Å². The molecule has 0 unspecified atom stereocenters. The van der Waals surface area contributed by atoms with Gasteiger partial charge in [-0.3, -0.25) is 9.69 Å². The van der Waals surface area contributed by atoms with Gasteiger partial charge in [-0.15, -0.1) is 0 Å². The van der Waals surface area contributed by atoms with Gasteiger partial charge in [0.25, 0.3) is 0 Å². The number of aromatic nitrogens is 1. The first-order valence-corrected chi connectivity index (χ1v) is 9.88. The molecule has 28 heavy (non-hydrogen) atoms. The van der Waals surface area contributed by atoms with Crippen molar-refractivity contribution in [1.82, 2.24) is 14.8 Å². The van der Waals surface area contributed by atoms with Crippen molar-refractivity contribution in [1.29, 1.82) is 5.26 Å². The maximum absolute atomic E-state index is 13.1. The molecule has 4 rings (SSSR count). The minimum absolute atomic E-state index is 0.0554. The topological polar surface area (TPSA) is 76.6 Å². The molecular formula is C21H25N5O2. The molecule has 1 amide bonds. The standard InChI is InChI=1S/C21H25N5O2/c22-14-17-4-1-7-23-20(17)25-9-11-26(12-10-25)21(27)18-5-2-8-24(15-18)16-19-6-3-13-28-19/h1,3-4,6-7,13,18H,2,5,8-12,15-16H2/t18-/m0/s1. The first-order chi connectivity index (χ1) is 13.7. The zero-order valence-corrected chi connectivity index (χ0v) is 16.0. The van der Waals surface area contributed by atoms with Gasteiger partial charge in [0.15, 0.2) is 0 Å². The number of furan rings is 1. The first-order valence-electron chi connectivity index (χ1n) is 9.88. The van der Waals surface area contributed by atoms with Crippen LogP contribution < -0.4 is 4.90 Å². The smallest absolute Gasteiger partial charge is 0.227 e. The monoisotopic (exact) mass is 379 g/mol. The molecule has 7 heteroatoms. The third-order valence-corrected chi connectivity index (χ3v) is 5.61. The normalized spacial score (nSPS) is 20.8. The fourth-order valence-electron chi connectivity index (χ4n) is 4.16. The molecule has 2 aliphatic heterocycles. The van der Waals surface area contributed by atoms with Gasteiger partial charge in [-0.1, -0.05) is 0 Å². The number of nitrogens with zero attached hydrogens (tertiary/aromatic N) is 5. The van der Waals surface area contributed by atoms with Gasteiger partial charge in [0.2, 0.25) is 5.91 Å². The van der Waals surface area contributed by atoms with E-state index >= 15 is 0 Å². The fourth-order valence-corrected chi connectivity index (χ4v) is 4.16. The Bertz CT molecular complexity index is 837. The summed E-state index contributed by atoms with van der Waals surface area (Å²) >= 11 is 0. The number of piperidine rings is 1. The van der Waals surface area contributed by atoms with Crippen molar-refractivity contribution >= 4 is 11.7 Å². The van der Waals surface area contributed by atoms with Crippen LogP contribution in [0.15, 0.2) is 41.1 Å². The molecule has 146 valence electrons. The number of piperazine rings is 1. The lowest BCUT2D eigenvalue weighted by Gasteiger charge is -2.39. The maximum atomic E-state index is 13.1. The van der Waals surface area contributed by atoms with Crippen LogP contribution in [0.25, 0.3) is 0 Å². The van der Waals surface area contributed by atoms with Crippen LogP contribution in [0.1, 0.15) is 24.2 Å². The number of hydrogen-bond acceptors (Lipinski definition) is 6. The predicted molar refractivity (Wildman–Crippen MR) is 104 cm³/mol. The van der Waals surface area contributed by atoms with Crippen LogP contribution in [0.5, 0.6) is 0 Å². The molecule has 0 aromatic carbocycles. The largest absolute Gasteiger partial charge is 0.468 e. The molecule has 0 N–H and O–H groups in total. The Morgan fingerprint density at radius 2 is 2.07 bits per heavy atom. The third-order valence-electron chi connectivity index (χ3n) is 5.61. The lowest BCUT2D eigenvalue weighted by atomic mass is 9.96. The average molecular weight is 379 g/mol. The third kappa shape index (κ3) is 4.02. The van der Waals surface area contributed by atoms with E-state index < -0.39 is 0 Å². The molecular weight excluding hydrogens is 354 g/mol. The molecule has 0 radical (unpaired) electrons. The molecule has 0 spiro atoms. The van der Waals surface area contributed by atoms with E-state index in [9.17, 15) is 10.1 Å². The molecule has 2 fully saturated rings. The van der Waals surface area contributed by atoms with Gasteiger partial charge in [-0.25, -0.2) is 4.98 Å². The van der Waals surface area contributed by atoms with Crippen molar-refractivity contribution in [3.8, 4) is 6.07 Å². The Kier molecular flexibility index (Phi) is 5.58. The minimum atomic E-state index is 0.0554. The van der Waals surface area contributed by atoms with Gasteiger partial charge < -0.3 is 14.2 Å². The van der Waals surface area contributed by atoms with Gasteiger partial charge in [-0.05, 0) is 43.7 Å². The van der Waals surface area contributed by atoms with Crippen LogP contribution in [-0.2, 0) is 11.3 Å². The highest BCUT2D eigenvalue weighted by Crippen LogP contribution is 2.23. The summed E-state index contributed by atoms with van der Waals surface area (Å²) in [6.07, 6.45) is 5.40. The van der Waals surface area contributed by atoms with Crippen LogP contribution in [0.3, 0.4) is 0 Å². The SMILES string of the molecule is N#Cc1cccnc1N1CCN(C(=O)[C@H]2CCCN(Cc3ccco3)C2)CC1. The van der Waals surface area contributed by atoms with Gasteiger partial charge in [0.1, 0.15) is 17.6 Å². The van der Waals surface area contributed by atoms with Gasteiger partial charge in [0, 0.05) is 38.9 Å². The van der Waals surface area contributed by atoms with E-state index in [4.69, 9.17) is 4.42 Å². The second-order valence-corrected chi connectivity index (χ2v) is 7.45. The minimum Gasteiger partial charge on any atom is -0.468 e. The first kappa shape index (κ1) is 18.5.